The van der Waals surface area contributed by atoms with Crippen molar-refractivity contribution in [1.29, 1.82) is 0 Å². The normalized spacial score (nSPS) is 13.5. The van der Waals surface area contributed by atoms with Crippen LogP contribution in [0.4, 0.5) is 5.69 Å². The molecule has 2 heterocycles. The SMILES string of the molecule is CCNC(=NCc1coc(-c2ccccc2)n1)NCCCN1C(=O)COc2ccccc21. The molecule has 3 aromatic rings. The lowest BCUT2D eigenvalue weighted by atomic mass is 10.2. The molecule has 0 bridgehead atoms. The summed E-state index contributed by atoms with van der Waals surface area (Å²) in [5, 5.41) is 6.55. The summed E-state index contributed by atoms with van der Waals surface area (Å²) in [6, 6.07) is 17.4. The molecule has 8 heteroatoms. The Morgan fingerprint density at radius 3 is 2.78 bits per heavy atom. The van der Waals surface area contributed by atoms with Crippen LogP contribution in [0.3, 0.4) is 0 Å². The topological polar surface area (TPSA) is 92.0 Å². The summed E-state index contributed by atoms with van der Waals surface area (Å²) in [5.41, 5.74) is 2.52. The molecule has 0 atom stereocenters. The summed E-state index contributed by atoms with van der Waals surface area (Å²) in [4.78, 5) is 23.2. The molecular weight excluding hydrogens is 406 g/mol. The second-order valence-electron chi connectivity index (χ2n) is 7.29. The minimum atomic E-state index is -0.0236. The number of oxazole rings is 1. The van der Waals surface area contributed by atoms with Crippen LogP contribution in [0.2, 0.25) is 0 Å². The van der Waals surface area contributed by atoms with Crippen molar-refractivity contribution in [3.05, 3.63) is 66.6 Å². The molecular formula is C24H27N5O3. The van der Waals surface area contributed by atoms with Crippen molar-refractivity contribution in [2.24, 2.45) is 4.99 Å². The highest BCUT2D eigenvalue weighted by atomic mass is 16.5. The second-order valence-corrected chi connectivity index (χ2v) is 7.29. The molecule has 0 spiro atoms. The third-order valence-corrected chi connectivity index (χ3v) is 4.98. The van der Waals surface area contributed by atoms with Gasteiger partial charge in [0.2, 0.25) is 5.89 Å². The number of nitrogens with one attached hydrogen (secondary N) is 2. The number of nitrogens with zero attached hydrogens (tertiary/aromatic N) is 3. The maximum absolute atomic E-state index is 12.3. The predicted octanol–water partition coefficient (Wildman–Crippen LogP) is 3.21. The number of rotatable bonds is 8. The van der Waals surface area contributed by atoms with Gasteiger partial charge in [0.25, 0.3) is 5.91 Å². The van der Waals surface area contributed by atoms with Crippen LogP contribution in [-0.4, -0.2) is 43.1 Å². The Morgan fingerprint density at radius 1 is 1.12 bits per heavy atom. The summed E-state index contributed by atoms with van der Waals surface area (Å²) in [5.74, 6) is 2.01. The number of guanidine groups is 1. The Morgan fingerprint density at radius 2 is 1.94 bits per heavy atom. The van der Waals surface area contributed by atoms with Crippen LogP contribution >= 0.6 is 0 Å². The molecule has 1 amide bonds. The molecule has 0 unspecified atom stereocenters. The van der Waals surface area contributed by atoms with Crippen LogP contribution < -0.4 is 20.3 Å². The van der Waals surface area contributed by atoms with Crippen LogP contribution in [0.1, 0.15) is 19.0 Å². The summed E-state index contributed by atoms with van der Waals surface area (Å²) in [6.45, 7) is 4.53. The number of para-hydroxylation sites is 2. The summed E-state index contributed by atoms with van der Waals surface area (Å²) < 4.78 is 11.1. The molecule has 0 saturated carbocycles. The Hall–Kier alpha value is -3.81. The molecule has 32 heavy (non-hydrogen) atoms. The molecule has 1 aliphatic rings. The second kappa shape index (κ2) is 10.5. The number of fused-ring (bicyclic) bond motifs is 1. The highest BCUT2D eigenvalue weighted by molar-refractivity contribution is 5.97. The van der Waals surface area contributed by atoms with E-state index in [9.17, 15) is 4.79 Å². The van der Waals surface area contributed by atoms with Crippen molar-refractivity contribution in [2.45, 2.75) is 19.9 Å². The lowest BCUT2D eigenvalue weighted by molar-refractivity contribution is -0.121. The van der Waals surface area contributed by atoms with E-state index in [0.29, 0.717) is 31.5 Å². The van der Waals surface area contributed by atoms with Crippen molar-refractivity contribution < 1.29 is 13.9 Å². The number of aliphatic imine (C=N–C) groups is 1. The Balaban J connectivity index is 1.30. The van der Waals surface area contributed by atoms with Gasteiger partial charge < -0.3 is 24.7 Å². The van der Waals surface area contributed by atoms with Gasteiger partial charge in [0.05, 0.1) is 12.2 Å². The largest absolute Gasteiger partial charge is 0.482 e. The van der Waals surface area contributed by atoms with Crippen LogP contribution in [0.5, 0.6) is 5.75 Å². The van der Waals surface area contributed by atoms with Gasteiger partial charge in [-0.05, 0) is 37.6 Å². The zero-order valence-electron chi connectivity index (χ0n) is 18.1. The summed E-state index contributed by atoms with van der Waals surface area (Å²) >= 11 is 0. The number of hydrogen-bond donors (Lipinski definition) is 2. The van der Waals surface area contributed by atoms with Crippen LogP contribution in [0.15, 0.2) is 70.3 Å². The van der Waals surface area contributed by atoms with E-state index < -0.39 is 0 Å². The number of hydrogen-bond acceptors (Lipinski definition) is 5. The highest BCUT2D eigenvalue weighted by Crippen LogP contribution is 2.31. The monoisotopic (exact) mass is 433 g/mol. The van der Waals surface area contributed by atoms with E-state index in [0.717, 1.165) is 35.7 Å². The lowest BCUT2D eigenvalue weighted by Gasteiger charge is -2.29. The fourth-order valence-corrected chi connectivity index (χ4v) is 3.44. The molecule has 2 N–H and O–H groups in total. The Labute approximate surface area is 187 Å². The van der Waals surface area contributed by atoms with Gasteiger partial charge in [-0.2, -0.15) is 0 Å². The first-order valence-corrected chi connectivity index (χ1v) is 10.8. The van der Waals surface area contributed by atoms with E-state index in [2.05, 4.69) is 20.6 Å². The number of benzene rings is 2. The van der Waals surface area contributed by atoms with Crippen molar-refractivity contribution in [3.8, 4) is 17.2 Å². The minimum Gasteiger partial charge on any atom is -0.482 e. The van der Waals surface area contributed by atoms with Gasteiger partial charge in [0.1, 0.15) is 17.7 Å². The molecule has 1 aromatic heterocycles. The van der Waals surface area contributed by atoms with Gasteiger partial charge in [0, 0.05) is 25.2 Å². The van der Waals surface area contributed by atoms with Crippen LogP contribution in [0.25, 0.3) is 11.5 Å². The molecule has 0 radical (unpaired) electrons. The van der Waals surface area contributed by atoms with E-state index in [1.54, 1.807) is 11.2 Å². The summed E-state index contributed by atoms with van der Waals surface area (Å²) in [7, 11) is 0. The van der Waals surface area contributed by atoms with Gasteiger partial charge in [0.15, 0.2) is 12.6 Å². The molecule has 1 aliphatic heterocycles. The average Bonchev–Trinajstić information content (AvgIpc) is 3.31. The number of carbonyl (C=O) groups excluding carboxylic acids is 1. The third kappa shape index (κ3) is 5.26. The summed E-state index contributed by atoms with van der Waals surface area (Å²) in [6.07, 6.45) is 2.41. The lowest BCUT2D eigenvalue weighted by Crippen LogP contribution is -2.42. The molecule has 166 valence electrons. The molecule has 0 aliphatic carbocycles. The average molecular weight is 434 g/mol. The first-order valence-electron chi connectivity index (χ1n) is 10.8. The van der Waals surface area contributed by atoms with E-state index in [4.69, 9.17) is 9.15 Å². The minimum absolute atomic E-state index is 0.0236. The van der Waals surface area contributed by atoms with E-state index >= 15 is 0 Å². The van der Waals surface area contributed by atoms with Crippen molar-refractivity contribution in [2.75, 3.05) is 31.1 Å². The number of amides is 1. The van der Waals surface area contributed by atoms with Gasteiger partial charge >= 0.3 is 0 Å². The number of carbonyl (C=O) groups is 1. The van der Waals surface area contributed by atoms with Crippen LogP contribution in [0, 0.1) is 0 Å². The van der Waals surface area contributed by atoms with Crippen molar-refractivity contribution >= 4 is 17.6 Å². The van der Waals surface area contributed by atoms with Gasteiger partial charge in [-0.15, -0.1) is 0 Å². The fraction of sp³-hybridized carbons (Fsp3) is 0.292. The third-order valence-electron chi connectivity index (χ3n) is 4.98. The number of ether oxygens (including phenoxy) is 1. The first kappa shape index (κ1) is 21.4. The van der Waals surface area contributed by atoms with E-state index in [1.165, 1.54) is 0 Å². The Kier molecular flexibility index (Phi) is 7.01. The maximum atomic E-state index is 12.3. The molecule has 0 saturated heterocycles. The number of anilines is 1. The zero-order valence-corrected chi connectivity index (χ0v) is 18.1. The quantitative estimate of drug-likeness (QED) is 0.322. The number of aromatic nitrogens is 1. The molecule has 0 fully saturated rings. The maximum Gasteiger partial charge on any atom is 0.265 e. The Bertz CT molecular complexity index is 1060. The zero-order chi connectivity index (χ0) is 22.2. The smallest absolute Gasteiger partial charge is 0.265 e. The van der Waals surface area contributed by atoms with Gasteiger partial charge in [-0.3, -0.25) is 4.79 Å². The highest BCUT2D eigenvalue weighted by Gasteiger charge is 2.24. The van der Waals surface area contributed by atoms with E-state index in [1.807, 2.05) is 61.5 Å². The molecule has 4 rings (SSSR count). The van der Waals surface area contributed by atoms with Gasteiger partial charge in [-0.25, -0.2) is 9.98 Å². The van der Waals surface area contributed by atoms with Crippen molar-refractivity contribution in [1.82, 2.24) is 15.6 Å². The van der Waals surface area contributed by atoms with Gasteiger partial charge in [-0.1, -0.05) is 30.3 Å². The molecule has 8 nitrogen and oxygen atoms in total. The van der Waals surface area contributed by atoms with Crippen molar-refractivity contribution in [3.63, 3.8) is 0 Å². The standard InChI is InChI=1S/C24H27N5O3/c1-2-25-24(27-15-19-16-32-23(28-19)18-9-4-3-5-10-18)26-13-8-14-29-20-11-6-7-12-21(20)31-17-22(29)30/h3-7,9-12,16H,2,8,13-15,17H2,1H3,(H2,25,26,27). The first-order chi connectivity index (χ1) is 15.7. The van der Waals surface area contributed by atoms with E-state index in [-0.39, 0.29) is 12.5 Å². The fourth-order valence-electron chi connectivity index (χ4n) is 3.44. The predicted molar refractivity (Wildman–Crippen MR) is 124 cm³/mol. The van der Waals surface area contributed by atoms with Crippen LogP contribution in [-0.2, 0) is 11.3 Å². The molecule has 2 aromatic carbocycles.